The van der Waals surface area contributed by atoms with Gasteiger partial charge in [-0.1, -0.05) is 13.8 Å². The summed E-state index contributed by atoms with van der Waals surface area (Å²) in [5.41, 5.74) is 5.47. The van der Waals surface area contributed by atoms with E-state index in [1.807, 2.05) is 0 Å². The van der Waals surface area contributed by atoms with Crippen LogP contribution in [0.3, 0.4) is 0 Å². The number of hydrogen-bond donors (Lipinski definition) is 1. The van der Waals surface area contributed by atoms with Crippen molar-refractivity contribution in [2.75, 3.05) is 13.2 Å². The first kappa shape index (κ1) is 9.96. The summed E-state index contributed by atoms with van der Waals surface area (Å²) >= 11 is 0. The Morgan fingerprint density at radius 3 is 2.50 bits per heavy atom. The van der Waals surface area contributed by atoms with Gasteiger partial charge in [0.15, 0.2) is 6.29 Å². The Balaban J connectivity index is 2.34. The van der Waals surface area contributed by atoms with Crippen LogP contribution in [0.4, 0.5) is 0 Å². The second kappa shape index (κ2) is 4.80. The Labute approximate surface area is 74.2 Å². The van der Waals surface area contributed by atoms with Gasteiger partial charge in [-0.2, -0.15) is 0 Å². The van der Waals surface area contributed by atoms with E-state index in [9.17, 15) is 0 Å². The van der Waals surface area contributed by atoms with Gasteiger partial charge in [0, 0.05) is 12.5 Å². The average molecular weight is 173 g/mol. The van der Waals surface area contributed by atoms with Crippen LogP contribution in [0.5, 0.6) is 0 Å². The SMILES string of the molecule is CCC(CC)C1OCC(CN)O1. The lowest BCUT2D eigenvalue weighted by molar-refractivity contribution is -0.0968. The second-order valence-corrected chi connectivity index (χ2v) is 3.27. The van der Waals surface area contributed by atoms with E-state index < -0.39 is 0 Å². The quantitative estimate of drug-likeness (QED) is 0.693. The van der Waals surface area contributed by atoms with Crippen molar-refractivity contribution >= 4 is 0 Å². The summed E-state index contributed by atoms with van der Waals surface area (Å²) in [6.45, 7) is 5.56. The van der Waals surface area contributed by atoms with Gasteiger partial charge >= 0.3 is 0 Å². The highest BCUT2D eigenvalue weighted by Crippen LogP contribution is 2.23. The summed E-state index contributed by atoms with van der Waals surface area (Å²) in [7, 11) is 0. The lowest BCUT2D eigenvalue weighted by Gasteiger charge is -2.19. The molecule has 3 nitrogen and oxygen atoms in total. The second-order valence-electron chi connectivity index (χ2n) is 3.27. The van der Waals surface area contributed by atoms with Crippen LogP contribution >= 0.6 is 0 Å². The maximum atomic E-state index is 5.61. The molecule has 12 heavy (non-hydrogen) atoms. The van der Waals surface area contributed by atoms with Crippen molar-refractivity contribution in [3.8, 4) is 0 Å². The zero-order chi connectivity index (χ0) is 8.97. The molecular formula is C9H19NO2. The lowest BCUT2D eigenvalue weighted by Crippen LogP contribution is -2.25. The average Bonchev–Trinajstić information content (AvgIpc) is 2.55. The summed E-state index contributed by atoms with van der Waals surface area (Å²) in [6, 6.07) is 0. The minimum Gasteiger partial charge on any atom is -0.350 e. The highest BCUT2D eigenvalue weighted by atomic mass is 16.7. The molecule has 0 aliphatic carbocycles. The predicted molar refractivity (Wildman–Crippen MR) is 47.7 cm³/mol. The number of ether oxygens (including phenoxy) is 2. The molecule has 0 saturated carbocycles. The fourth-order valence-corrected chi connectivity index (χ4v) is 1.51. The van der Waals surface area contributed by atoms with Gasteiger partial charge < -0.3 is 15.2 Å². The molecule has 1 heterocycles. The van der Waals surface area contributed by atoms with Crippen LogP contribution in [-0.4, -0.2) is 25.5 Å². The van der Waals surface area contributed by atoms with Crippen LogP contribution in [0, 0.1) is 5.92 Å². The van der Waals surface area contributed by atoms with Gasteiger partial charge in [-0.3, -0.25) is 0 Å². The number of hydrogen-bond acceptors (Lipinski definition) is 3. The van der Waals surface area contributed by atoms with Crippen molar-refractivity contribution in [2.24, 2.45) is 11.7 Å². The zero-order valence-electron chi connectivity index (χ0n) is 7.95. The van der Waals surface area contributed by atoms with Gasteiger partial charge in [0.05, 0.1) is 12.7 Å². The number of nitrogens with two attached hydrogens (primary N) is 1. The van der Waals surface area contributed by atoms with Crippen LogP contribution in [0.25, 0.3) is 0 Å². The molecule has 1 aliphatic heterocycles. The van der Waals surface area contributed by atoms with Crippen molar-refractivity contribution in [3.63, 3.8) is 0 Å². The number of rotatable bonds is 4. The monoisotopic (exact) mass is 173 g/mol. The Morgan fingerprint density at radius 1 is 1.42 bits per heavy atom. The van der Waals surface area contributed by atoms with Crippen LogP contribution in [0.2, 0.25) is 0 Å². The van der Waals surface area contributed by atoms with E-state index in [1.54, 1.807) is 0 Å². The fourth-order valence-electron chi connectivity index (χ4n) is 1.51. The van der Waals surface area contributed by atoms with E-state index in [4.69, 9.17) is 15.2 Å². The third kappa shape index (κ3) is 2.19. The standard InChI is InChI=1S/C9H19NO2/c1-3-7(4-2)9-11-6-8(5-10)12-9/h7-9H,3-6,10H2,1-2H3. The highest BCUT2D eigenvalue weighted by Gasteiger charge is 2.29. The topological polar surface area (TPSA) is 44.5 Å². The third-order valence-corrected chi connectivity index (χ3v) is 2.47. The zero-order valence-corrected chi connectivity index (χ0v) is 7.95. The van der Waals surface area contributed by atoms with Crippen LogP contribution in [0.15, 0.2) is 0 Å². The molecule has 0 bridgehead atoms. The molecule has 1 saturated heterocycles. The fraction of sp³-hybridized carbons (Fsp3) is 1.00. The molecule has 0 aromatic carbocycles. The molecule has 0 aromatic rings. The normalized spacial score (nSPS) is 30.0. The molecule has 2 unspecified atom stereocenters. The molecule has 1 fully saturated rings. The minimum atomic E-state index is -0.00597. The molecule has 3 heteroatoms. The van der Waals surface area contributed by atoms with Gasteiger partial charge in [-0.25, -0.2) is 0 Å². The lowest BCUT2D eigenvalue weighted by atomic mass is 10.0. The molecule has 0 radical (unpaired) electrons. The van der Waals surface area contributed by atoms with Gasteiger partial charge in [-0.15, -0.1) is 0 Å². The summed E-state index contributed by atoms with van der Waals surface area (Å²) in [4.78, 5) is 0. The summed E-state index contributed by atoms with van der Waals surface area (Å²) < 4.78 is 11.1. The summed E-state index contributed by atoms with van der Waals surface area (Å²) in [5.74, 6) is 0.529. The molecule has 72 valence electrons. The van der Waals surface area contributed by atoms with E-state index in [0.717, 1.165) is 12.8 Å². The van der Waals surface area contributed by atoms with Crippen molar-refractivity contribution in [1.29, 1.82) is 0 Å². The summed E-state index contributed by atoms with van der Waals surface area (Å²) in [6.07, 6.45) is 2.33. The first-order chi connectivity index (χ1) is 5.81. The molecule has 0 spiro atoms. The van der Waals surface area contributed by atoms with E-state index in [1.165, 1.54) is 0 Å². The molecule has 2 N–H and O–H groups in total. The van der Waals surface area contributed by atoms with E-state index in [2.05, 4.69) is 13.8 Å². The maximum absolute atomic E-state index is 5.61. The van der Waals surface area contributed by atoms with E-state index in [0.29, 0.717) is 19.1 Å². The minimum absolute atomic E-state index is 0.00597. The molecule has 1 aliphatic rings. The molecule has 0 amide bonds. The van der Waals surface area contributed by atoms with Crippen LogP contribution in [-0.2, 0) is 9.47 Å². The first-order valence-electron chi connectivity index (χ1n) is 4.78. The van der Waals surface area contributed by atoms with Gasteiger partial charge in [-0.05, 0) is 12.8 Å². The molecular weight excluding hydrogens is 154 g/mol. The Hall–Kier alpha value is -0.120. The third-order valence-electron chi connectivity index (χ3n) is 2.47. The Kier molecular flexibility index (Phi) is 3.98. The molecule has 1 rings (SSSR count). The van der Waals surface area contributed by atoms with Crippen molar-refractivity contribution < 1.29 is 9.47 Å². The van der Waals surface area contributed by atoms with Crippen molar-refractivity contribution in [3.05, 3.63) is 0 Å². The van der Waals surface area contributed by atoms with Crippen LogP contribution in [0.1, 0.15) is 26.7 Å². The van der Waals surface area contributed by atoms with Crippen molar-refractivity contribution in [2.45, 2.75) is 39.1 Å². The van der Waals surface area contributed by atoms with E-state index >= 15 is 0 Å². The van der Waals surface area contributed by atoms with E-state index in [-0.39, 0.29) is 12.4 Å². The predicted octanol–water partition coefficient (Wildman–Crippen LogP) is 1.12. The summed E-state index contributed by atoms with van der Waals surface area (Å²) in [5, 5.41) is 0. The Bertz CT molecular complexity index is 126. The van der Waals surface area contributed by atoms with Crippen molar-refractivity contribution in [1.82, 2.24) is 0 Å². The largest absolute Gasteiger partial charge is 0.350 e. The van der Waals surface area contributed by atoms with Gasteiger partial charge in [0.1, 0.15) is 0 Å². The van der Waals surface area contributed by atoms with Crippen LogP contribution < -0.4 is 5.73 Å². The molecule has 0 aromatic heterocycles. The van der Waals surface area contributed by atoms with Gasteiger partial charge in [0.2, 0.25) is 0 Å². The first-order valence-corrected chi connectivity index (χ1v) is 4.78. The highest BCUT2D eigenvalue weighted by molar-refractivity contribution is 4.70. The molecule has 2 atom stereocenters. The Morgan fingerprint density at radius 2 is 2.08 bits per heavy atom. The maximum Gasteiger partial charge on any atom is 0.161 e. The van der Waals surface area contributed by atoms with Gasteiger partial charge in [0.25, 0.3) is 0 Å². The smallest absolute Gasteiger partial charge is 0.161 e.